The van der Waals surface area contributed by atoms with Crippen molar-refractivity contribution in [2.45, 2.75) is 44.7 Å². The molecule has 0 atom stereocenters. The van der Waals surface area contributed by atoms with Gasteiger partial charge in [-0.2, -0.15) is 13.2 Å². The number of hydrogen-bond donors (Lipinski definition) is 1. The molecule has 28 heavy (non-hydrogen) atoms. The van der Waals surface area contributed by atoms with E-state index >= 15 is 0 Å². The van der Waals surface area contributed by atoms with Crippen LogP contribution in [0.25, 0.3) is 21.8 Å². The lowest BCUT2D eigenvalue weighted by Crippen LogP contribution is -2.06. The summed E-state index contributed by atoms with van der Waals surface area (Å²) in [7, 11) is 0. The van der Waals surface area contributed by atoms with Crippen molar-refractivity contribution in [3.63, 3.8) is 0 Å². The maximum atomic E-state index is 12.1. The Morgan fingerprint density at radius 1 is 0.929 bits per heavy atom. The molecule has 0 aliphatic heterocycles. The number of aromatic nitrogens is 1. The number of pyridine rings is 1. The van der Waals surface area contributed by atoms with Gasteiger partial charge >= 0.3 is 6.18 Å². The summed E-state index contributed by atoms with van der Waals surface area (Å²) in [5.74, 6) is 0.597. The van der Waals surface area contributed by atoms with Gasteiger partial charge in [0.15, 0.2) is 0 Å². The molecule has 0 radical (unpaired) electrons. The standard InChI is InChI=1S/C21H21ClF3NO2/c22-15-7-6-14-10-17-19(26-18(14)11-15)12-16(13-20(17)27)28-9-5-3-1-2-4-8-21(23,24)25/h6-7,10-13,27H,1-5,8-9H2. The molecule has 0 bridgehead atoms. The first-order valence-corrected chi connectivity index (χ1v) is 9.62. The second kappa shape index (κ2) is 8.86. The van der Waals surface area contributed by atoms with Gasteiger partial charge in [-0.05, 0) is 31.0 Å². The largest absolute Gasteiger partial charge is 0.507 e. The summed E-state index contributed by atoms with van der Waals surface area (Å²) < 4.78 is 41.9. The predicted octanol–water partition coefficient (Wildman–Crippen LogP) is 7.03. The number of nitrogens with zero attached hydrogens (tertiary/aromatic N) is 1. The van der Waals surface area contributed by atoms with Crippen molar-refractivity contribution in [1.82, 2.24) is 4.98 Å². The number of fused-ring (bicyclic) bond motifs is 2. The van der Waals surface area contributed by atoms with Gasteiger partial charge in [0.05, 0.1) is 17.6 Å². The summed E-state index contributed by atoms with van der Waals surface area (Å²) in [6.07, 6.45) is -1.75. The second-order valence-electron chi connectivity index (χ2n) is 6.82. The van der Waals surface area contributed by atoms with Gasteiger partial charge in [-0.15, -0.1) is 0 Å². The van der Waals surface area contributed by atoms with E-state index in [4.69, 9.17) is 16.3 Å². The fourth-order valence-electron chi connectivity index (χ4n) is 3.09. The fraction of sp³-hybridized carbons (Fsp3) is 0.381. The maximum Gasteiger partial charge on any atom is 0.389 e. The maximum absolute atomic E-state index is 12.1. The lowest BCUT2D eigenvalue weighted by molar-refractivity contribution is -0.135. The minimum atomic E-state index is -4.06. The van der Waals surface area contributed by atoms with Crippen molar-refractivity contribution in [3.8, 4) is 11.5 Å². The molecule has 2 aromatic carbocycles. The minimum absolute atomic E-state index is 0.0870. The van der Waals surface area contributed by atoms with E-state index in [0.29, 0.717) is 34.7 Å². The molecule has 0 saturated heterocycles. The first-order chi connectivity index (χ1) is 13.3. The van der Waals surface area contributed by atoms with E-state index in [2.05, 4.69) is 4.98 Å². The van der Waals surface area contributed by atoms with Crippen molar-refractivity contribution >= 4 is 33.4 Å². The van der Waals surface area contributed by atoms with E-state index in [1.54, 1.807) is 24.3 Å². The molecule has 1 aromatic heterocycles. The summed E-state index contributed by atoms with van der Waals surface area (Å²) >= 11 is 6.01. The quantitative estimate of drug-likeness (QED) is 0.319. The van der Waals surface area contributed by atoms with Gasteiger partial charge in [0.1, 0.15) is 11.5 Å². The van der Waals surface area contributed by atoms with Gasteiger partial charge in [0.2, 0.25) is 0 Å². The highest BCUT2D eigenvalue weighted by Gasteiger charge is 2.25. The molecule has 7 heteroatoms. The van der Waals surface area contributed by atoms with E-state index in [1.165, 1.54) is 0 Å². The normalized spacial score (nSPS) is 12.0. The Kier molecular flexibility index (Phi) is 6.50. The van der Waals surface area contributed by atoms with Crippen molar-refractivity contribution in [2.24, 2.45) is 0 Å². The zero-order valence-electron chi connectivity index (χ0n) is 15.2. The van der Waals surface area contributed by atoms with Crippen LogP contribution in [0.1, 0.15) is 38.5 Å². The van der Waals surface area contributed by atoms with Gasteiger partial charge < -0.3 is 9.84 Å². The number of rotatable bonds is 8. The lowest BCUT2D eigenvalue weighted by atomic mass is 10.1. The number of aromatic hydroxyl groups is 1. The van der Waals surface area contributed by atoms with Crippen LogP contribution in [0, 0.1) is 0 Å². The molecule has 3 nitrogen and oxygen atoms in total. The SMILES string of the molecule is Oc1cc(OCCCCCCCC(F)(F)F)cc2nc3cc(Cl)ccc3cc12. The van der Waals surface area contributed by atoms with Crippen molar-refractivity contribution < 1.29 is 23.0 Å². The zero-order valence-corrected chi connectivity index (χ0v) is 16.0. The Morgan fingerprint density at radius 3 is 2.46 bits per heavy atom. The summed E-state index contributed by atoms with van der Waals surface area (Å²) in [5.41, 5.74) is 1.34. The van der Waals surface area contributed by atoms with E-state index in [9.17, 15) is 18.3 Å². The van der Waals surface area contributed by atoms with Crippen LogP contribution in [0.2, 0.25) is 5.02 Å². The van der Waals surface area contributed by atoms with E-state index in [-0.39, 0.29) is 12.2 Å². The summed E-state index contributed by atoms with van der Waals surface area (Å²) in [4.78, 5) is 4.54. The Bertz CT molecular complexity index is 960. The Balaban J connectivity index is 1.54. The van der Waals surface area contributed by atoms with E-state index < -0.39 is 12.6 Å². The third-order valence-corrected chi connectivity index (χ3v) is 4.75. The van der Waals surface area contributed by atoms with Crippen LogP contribution in [0.4, 0.5) is 13.2 Å². The lowest BCUT2D eigenvalue weighted by Gasteiger charge is -2.10. The second-order valence-corrected chi connectivity index (χ2v) is 7.25. The average Bonchev–Trinajstić information content (AvgIpc) is 2.61. The third-order valence-electron chi connectivity index (χ3n) is 4.52. The van der Waals surface area contributed by atoms with Crippen LogP contribution in [0.3, 0.4) is 0 Å². The molecule has 0 amide bonds. The predicted molar refractivity (Wildman–Crippen MR) is 105 cm³/mol. The topological polar surface area (TPSA) is 42.4 Å². The molecule has 0 aliphatic rings. The zero-order chi connectivity index (χ0) is 20.1. The van der Waals surface area contributed by atoms with Crippen LogP contribution in [0.5, 0.6) is 11.5 Å². The number of unbranched alkanes of at least 4 members (excludes halogenated alkanes) is 4. The van der Waals surface area contributed by atoms with E-state index in [1.807, 2.05) is 12.1 Å². The number of alkyl halides is 3. The molecule has 0 spiro atoms. The Morgan fingerprint density at radius 2 is 1.68 bits per heavy atom. The van der Waals surface area contributed by atoms with Crippen LogP contribution >= 0.6 is 11.6 Å². The van der Waals surface area contributed by atoms with Crippen LogP contribution in [-0.4, -0.2) is 22.9 Å². The molecule has 1 heterocycles. The fourth-order valence-corrected chi connectivity index (χ4v) is 3.26. The van der Waals surface area contributed by atoms with Crippen molar-refractivity contribution in [2.75, 3.05) is 6.61 Å². The highest BCUT2D eigenvalue weighted by molar-refractivity contribution is 6.31. The van der Waals surface area contributed by atoms with Gasteiger partial charge in [-0.3, -0.25) is 0 Å². The van der Waals surface area contributed by atoms with Crippen LogP contribution in [0.15, 0.2) is 36.4 Å². The summed E-state index contributed by atoms with van der Waals surface area (Å²) in [6.45, 7) is 0.434. The average molecular weight is 412 g/mol. The Hall–Kier alpha value is -2.21. The third kappa shape index (κ3) is 5.64. The van der Waals surface area contributed by atoms with Crippen molar-refractivity contribution in [3.05, 3.63) is 41.4 Å². The molecule has 3 rings (SSSR count). The first-order valence-electron chi connectivity index (χ1n) is 9.24. The smallest absolute Gasteiger partial charge is 0.389 e. The van der Waals surface area contributed by atoms with Gasteiger partial charge in [0.25, 0.3) is 0 Å². The van der Waals surface area contributed by atoms with Crippen LogP contribution < -0.4 is 4.74 Å². The summed E-state index contributed by atoms with van der Waals surface area (Å²) in [6, 6.07) is 10.6. The number of hydrogen-bond acceptors (Lipinski definition) is 3. The molecule has 150 valence electrons. The molecule has 0 unspecified atom stereocenters. The first kappa shape index (κ1) is 20.5. The van der Waals surface area contributed by atoms with Crippen molar-refractivity contribution in [1.29, 1.82) is 0 Å². The van der Waals surface area contributed by atoms with Gasteiger partial charge in [-0.1, -0.05) is 36.9 Å². The van der Waals surface area contributed by atoms with Gasteiger partial charge in [0, 0.05) is 34.3 Å². The number of benzene rings is 2. The Labute approximate surface area is 166 Å². The molecule has 3 aromatic rings. The number of phenols is 1. The van der Waals surface area contributed by atoms with E-state index in [0.717, 1.165) is 30.2 Å². The molecule has 0 saturated carbocycles. The molecular formula is C21H21ClF3NO2. The molecule has 1 N–H and O–H groups in total. The van der Waals surface area contributed by atoms with Gasteiger partial charge in [-0.25, -0.2) is 4.98 Å². The molecule has 0 aliphatic carbocycles. The number of phenolic OH excluding ortho intramolecular Hbond substituents is 1. The number of ether oxygens (including phenoxy) is 1. The minimum Gasteiger partial charge on any atom is -0.507 e. The highest BCUT2D eigenvalue weighted by atomic mass is 35.5. The monoisotopic (exact) mass is 411 g/mol. The molecule has 0 fully saturated rings. The van der Waals surface area contributed by atoms with Crippen LogP contribution in [-0.2, 0) is 0 Å². The highest BCUT2D eigenvalue weighted by Crippen LogP contribution is 2.32. The molecular weight excluding hydrogens is 391 g/mol. The number of halogens is 4. The summed E-state index contributed by atoms with van der Waals surface area (Å²) in [5, 5.41) is 12.4.